The number of nitrogens with two attached hydrogens (primary N) is 1. The largest absolute Gasteiger partial charge is 0.389 e. The minimum Gasteiger partial charge on any atom is -0.389 e. The van der Waals surface area contributed by atoms with E-state index < -0.39 is 5.82 Å². The van der Waals surface area contributed by atoms with Gasteiger partial charge in [-0.15, -0.1) is 0 Å². The first-order chi connectivity index (χ1) is 9.49. The summed E-state index contributed by atoms with van der Waals surface area (Å²) in [6.07, 6.45) is 5.29. The van der Waals surface area contributed by atoms with Crippen molar-refractivity contribution in [3.05, 3.63) is 46.7 Å². The number of anilines is 1. The number of rotatable bonds is 5. The molecule has 1 atom stereocenters. The maximum Gasteiger partial charge on any atom is 0.161 e. The molecule has 1 aromatic carbocycles. The average molecular weight is 357 g/mol. The summed E-state index contributed by atoms with van der Waals surface area (Å²) < 4.78 is 16.4. The number of hydrogen-bond donors (Lipinski definition) is 2. The van der Waals surface area contributed by atoms with Gasteiger partial charge in [-0.2, -0.15) is 0 Å². The standard InChI is InChI=1S/C13H14BrFN4S/c1-8(6-19-5-4-17-7-19)18-10-3-2-9(13(16)20)11(14)12(10)15/h2-5,7-8,18H,6H2,1H3,(H2,16,20). The van der Waals surface area contributed by atoms with Crippen LogP contribution in [0.25, 0.3) is 0 Å². The van der Waals surface area contributed by atoms with Crippen LogP contribution in [0, 0.1) is 5.82 Å². The Morgan fingerprint density at radius 3 is 2.95 bits per heavy atom. The van der Waals surface area contributed by atoms with Gasteiger partial charge in [-0.3, -0.25) is 0 Å². The number of thiocarbonyl (C=S) groups is 1. The third kappa shape index (κ3) is 3.34. The lowest BCUT2D eigenvalue weighted by Crippen LogP contribution is -2.22. The molecule has 3 N–H and O–H groups in total. The van der Waals surface area contributed by atoms with Gasteiger partial charge in [0.2, 0.25) is 0 Å². The summed E-state index contributed by atoms with van der Waals surface area (Å²) in [4.78, 5) is 4.13. The van der Waals surface area contributed by atoms with Crippen LogP contribution in [0.5, 0.6) is 0 Å². The Hall–Kier alpha value is -1.47. The summed E-state index contributed by atoms with van der Waals surface area (Å²) in [5, 5.41) is 3.12. The average Bonchev–Trinajstić information content (AvgIpc) is 2.87. The van der Waals surface area contributed by atoms with Gasteiger partial charge < -0.3 is 15.6 Å². The minimum atomic E-state index is -0.396. The van der Waals surface area contributed by atoms with Crippen molar-refractivity contribution in [2.45, 2.75) is 19.5 Å². The summed E-state index contributed by atoms with van der Waals surface area (Å²) in [7, 11) is 0. The van der Waals surface area contributed by atoms with E-state index in [-0.39, 0.29) is 15.5 Å². The molecule has 1 unspecified atom stereocenters. The Labute approximate surface area is 130 Å². The van der Waals surface area contributed by atoms with Crippen molar-refractivity contribution in [1.82, 2.24) is 9.55 Å². The van der Waals surface area contributed by atoms with E-state index in [4.69, 9.17) is 18.0 Å². The molecule has 0 aliphatic heterocycles. The second kappa shape index (κ2) is 6.32. The van der Waals surface area contributed by atoms with Gasteiger partial charge in [0, 0.05) is 30.5 Å². The smallest absolute Gasteiger partial charge is 0.161 e. The van der Waals surface area contributed by atoms with Crippen molar-refractivity contribution >= 4 is 38.8 Å². The third-order valence-corrected chi connectivity index (χ3v) is 3.79. The van der Waals surface area contributed by atoms with Gasteiger partial charge in [-0.05, 0) is 35.0 Å². The molecule has 20 heavy (non-hydrogen) atoms. The molecule has 0 amide bonds. The van der Waals surface area contributed by atoms with Crippen molar-refractivity contribution in [2.75, 3.05) is 5.32 Å². The number of benzene rings is 1. The maximum atomic E-state index is 14.2. The Balaban J connectivity index is 2.13. The van der Waals surface area contributed by atoms with Crippen LogP contribution in [0.1, 0.15) is 12.5 Å². The number of aromatic nitrogens is 2. The van der Waals surface area contributed by atoms with E-state index in [2.05, 4.69) is 26.2 Å². The predicted molar refractivity (Wildman–Crippen MR) is 85.3 cm³/mol. The highest BCUT2D eigenvalue weighted by Gasteiger charge is 2.14. The van der Waals surface area contributed by atoms with Crippen LogP contribution in [0.4, 0.5) is 10.1 Å². The Morgan fingerprint density at radius 1 is 1.60 bits per heavy atom. The normalized spacial score (nSPS) is 12.2. The molecule has 0 aliphatic carbocycles. The Bertz CT molecular complexity index is 615. The Kier molecular flexibility index (Phi) is 4.72. The van der Waals surface area contributed by atoms with E-state index in [1.54, 1.807) is 24.7 Å². The fourth-order valence-electron chi connectivity index (χ4n) is 1.87. The van der Waals surface area contributed by atoms with E-state index in [1.807, 2.05) is 17.7 Å². The predicted octanol–water partition coefficient (Wildman–Crippen LogP) is 2.92. The van der Waals surface area contributed by atoms with Crippen LogP contribution in [0.2, 0.25) is 0 Å². The third-order valence-electron chi connectivity index (χ3n) is 2.79. The van der Waals surface area contributed by atoms with Crippen LogP contribution < -0.4 is 11.1 Å². The van der Waals surface area contributed by atoms with Crippen LogP contribution in [0.3, 0.4) is 0 Å². The highest BCUT2D eigenvalue weighted by molar-refractivity contribution is 9.10. The second-order valence-electron chi connectivity index (χ2n) is 4.46. The fourth-order valence-corrected chi connectivity index (χ4v) is 2.73. The molecular weight excluding hydrogens is 343 g/mol. The zero-order chi connectivity index (χ0) is 14.7. The molecule has 0 fully saturated rings. The van der Waals surface area contributed by atoms with Crippen molar-refractivity contribution in [2.24, 2.45) is 5.73 Å². The van der Waals surface area contributed by atoms with Gasteiger partial charge in [-0.25, -0.2) is 9.37 Å². The molecule has 7 heteroatoms. The van der Waals surface area contributed by atoms with Gasteiger partial charge in [0.15, 0.2) is 5.82 Å². The molecule has 0 bridgehead atoms. The van der Waals surface area contributed by atoms with Crippen LogP contribution in [0.15, 0.2) is 35.3 Å². The molecule has 2 rings (SSSR count). The van der Waals surface area contributed by atoms with E-state index >= 15 is 0 Å². The fraction of sp³-hybridized carbons (Fsp3) is 0.231. The zero-order valence-corrected chi connectivity index (χ0v) is 13.2. The molecule has 0 saturated carbocycles. The molecule has 0 aliphatic rings. The molecule has 4 nitrogen and oxygen atoms in total. The van der Waals surface area contributed by atoms with Crippen LogP contribution in [-0.4, -0.2) is 20.6 Å². The quantitative estimate of drug-likeness (QED) is 0.808. The molecule has 0 spiro atoms. The van der Waals surface area contributed by atoms with Crippen molar-refractivity contribution in [3.63, 3.8) is 0 Å². The first kappa shape index (κ1) is 14.9. The first-order valence-electron chi connectivity index (χ1n) is 5.99. The summed E-state index contributed by atoms with van der Waals surface area (Å²) >= 11 is 8.05. The topological polar surface area (TPSA) is 55.9 Å². The summed E-state index contributed by atoms with van der Waals surface area (Å²) in [5.74, 6) is -0.396. The highest BCUT2D eigenvalue weighted by atomic mass is 79.9. The lowest BCUT2D eigenvalue weighted by Gasteiger charge is -2.17. The van der Waals surface area contributed by atoms with E-state index in [0.29, 0.717) is 17.8 Å². The number of hydrogen-bond acceptors (Lipinski definition) is 3. The molecule has 2 aromatic rings. The molecular formula is C13H14BrFN4S. The minimum absolute atomic E-state index is 0.0429. The van der Waals surface area contributed by atoms with Crippen LogP contribution >= 0.6 is 28.1 Å². The van der Waals surface area contributed by atoms with Gasteiger partial charge in [0.1, 0.15) is 4.99 Å². The molecule has 0 radical (unpaired) electrons. The SMILES string of the molecule is CC(Cn1ccnc1)Nc1ccc(C(N)=S)c(Br)c1F. The zero-order valence-electron chi connectivity index (χ0n) is 10.8. The van der Waals surface area contributed by atoms with Gasteiger partial charge in [0.05, 0.1) is 16.5 Å². The first-order valence-corrected chi connectivity index (χ1v) is 7.19. The Morgan fingerprint density at radius 2 is 2.35 bits per heavy atom. The summed E-state index contributed by atoms with van der Waals surface area (Å²) in [6, 6.07) is 3.38. The van der Waals surface area contributed by atoms with Crippen molar-refractivity contribution in [3.8, 4) is 0 Å². The summed E-state index contributed by atoms with van der Waals surface area (Å²) in [6.45, 7) is 2.66. The van der Waals surface area contributed by atoms with Crippen molar-refractivity contribution < 1.29 is 4.39 Å². The molecule has 1 heterocycles. The van der Waals surface area contributed by atoms with E-state index in [1.165, 1.54) is 0 Å². The summed E-state index contributed by atoms with van der Waals surface area (Å²) in [5.41, 5.74) is 6.43. The molecule has 1 aromatic heterocycles. The number of imidazole rings is 1. The monoisotopic (exact) mass is 356 g/mol. The molecule has 0 saturated heterocycles. The highest BCUT2D eigenvalue weighted by Crippen LogP contribution is 2.27. The molecule has 106 valence electrons. The van der Waals surface area contributed by atoms with E-state index in [0.717, 1.165) is 0 Å². The van der Waals surface area contributed by atoms with Gasteiger partial charge in [-0.1, -0.05) is 12.2 Å². The maximum absolute atomic E-state index is 14.2. The van der Waals surface area contributed by atoms with Gasteiger partial charge >= 0.3 is 0 Å². The number of halogens is 2. The van der Waals surface area contributed by atoms with Gasteiger partial charge in [0.25, 0.3) is 0 Å². The van der Waals surface area contributed by atoms with Crippen molar-refractivity contribution in [1.29, 1.82) is 0 Å². The number of nitrogens with one attached hydrogen (secondary N) is 1. The van der Waals surface area contributed by atoms with Crippen LogP contribution in [-0.2, 0) is 6.54 Å². The second-order valence-corrected chi connectivity index (χ2v) is 5.69. The van der Waals surface area contributed by atoms with E-state index in [9.17, 15) is 4.39 Å². The lowest BCUT2D eigenvalue weighted by molar-refractivity contribution is 0.596. The number of nitrogens with zero attached hydrogens (tertiary/aromatic N) is 2. The lowest BCUT2D eigenvalue weighted by atomic mass is 10.2.